The molecule has 0 amide bonds. The van der Waals surface area contributed by atoms with E-state index in [0.29, 0.717) is 17.5 Å². The van der Waals surface area contributed by atoms with Crippen molar-refractivity contribution in [1.82, 2.24) is 4.98 Å². The molecule has 0 bridgehead atoms. The molecule has 198 valence electrons. The number of benzene rings is 2. The summed E-state index contributed by atoms with van der Waals surface area (Å²) < 4.78 is 26.6. The highest BCUT2D eigenvalue weighted by molar-refractivity contribution is 7.79. The number of nitrogens with one attached hydrogen (secondary N) is 1. The van der Waals surface area contributed by atoms with Gasteiger partial charge in [-0.3, -0.25) is 0 Å². The lowest BCUT2D eigenvalue weighted by molar-refractivity contribution is 0.418. The Kier molecular flexibility index (Phi) is 21.2. The molecule has 0 saturated heterocycles. The van der Waals surface area contributed by atoms with E-state index in [1.807, 2.05) is 32.9 Å². The molecule has 1 aliphatic rings. The number of hydrogen-bond acceptors (Lipinski definition) is 3. The Bertz CT molecular complexity index is 902. The third-order valence-corrected chi connectivity index (χ3v) is 5.23. The molecule has 5 N–H and O–H groups in total. The molecular formula is C29H47F2N3S. The Morgan fingerprint density at radius 2 is 1.57 bits per heavy atom. The number of fused-ring (bicyclic) bond motifs is 1. The zero-order chi connectivity index (χ0) is 27.4. The minimum Gasteiger partial charge on any atom is -0.352 e. The number of aromatic nitrogens is 1. The molecule has 0 radical (unpaired) electrons. The van der Waals surface area contributed by atoms with Gasteiger partial charge in [0, 0.05) is 17.1 Å². The molecule has 6 heteroatoms. The minimum absolute atomic E-state index is 0.265. The summed E-state index contributed by atoms with van der Waals surface area (Å²) in [6.45, 7) is 17.0. The molecule has 0 aliphatic heterocycles. The Labute approximate surface area is 217 Å². The number of thiol groups is 1. The van der Waals surface area contributed by atoms with Crippen molar-refractivity contribution in [2.24, 2.45) is 17.4 Å². The molecule has 1 fully saturated rings. The van der Waals surface area contributed by atoms with Crippen LogP contribution in [0.15, 0.2) is 55.6 Å². The van der Waals surface area contributed by atoms with Crippen molar-refractivity contribution in [3.8, 4) is 11.3 Å². The lowest BCUT2D eigenvalue weighted by Gasteiger charge is -2.18. The van der Waals surface area contributed by atoms with Gasteiger partial charge in [0.1, 0.15) is 11.6 Å². The summed E-state index contributed by atoms with van der Waals surface area (Å²) in [6.07, 6.45) is 6.79. The van der Waals surface area contributed by atoms with Crippen LogP contribution in [0.5, 0.6) is 0 Å². The summed E-state index contributed by atoms with van der Waals surface area (Å²) in [5.74, 6) is 0.167. The third-order valence-electron chi connectivity index (χ3n) is 5.23. The Hall–Kier alpha value is -2.15. The molecule has 3 nitrogen and oxygen atoms in total. The van der Waals surface area contributed by atoms with Crippen molar-refractivity contribution < 1.29 is 8.78 Å². The highest BCUT2D eigenvalue weighted by Gasteiger charge is 2.10. The first-order valence-electron chi connectivity index (χ1n) is 12.3. The highest BCUT2D eigenvalue weighted by Crippen LogP contribution is 2.26. The molecule has 1 unspecified atom stereocenters. The van der Waals surface area contributed by atoms with Gasteiger partial charge in [0.05, 0.1) is 5.52 Å². The first-order valence-corrected chi connectivity index (χ1v) is 13.2. The van der Waals surface area contributed by atoms with E-state index >= 15 is 0 Å². The Morgan fingerprint density at radius 3 is 1.94 bits per heavy atom. The van der Waals surface area contributed by atoms with Gasteiger partial charge in [0.2, 0.25) is 0 Å². The van der Waals surface area contributed by atoms with Gasteiger partial charge in [-0.25, -0.2) is 8.78 Å². The van der Waals surface area contributed by atoms with Crippen LogP contribution in [-0.4, -0.2) is 23.8 Å². The van der Waals surface area contributed by atoms with E-state index in [2.05, 4.69) is 44.6 Å². The van der Waals surface area contributed by atoms with Crippen LogP contribution >= 0.6 is 12.6 Å². The van der Waals surface area contributed by atoms with Crippen LogP contribution in [0.25, 0.3) is 22.2 Å². The molecule has 2 aromatic carbocycles. The standard InChI is InChI=1S/C15H11F2N.C5H13N.C4H9N.C2H6.C2H4.CH4S/c1-9-6-11-8-14(18-15(11)13(17)7-9)10-2-4-12(16)5-3-10;1-3-5(2)4-6;5-4-2-1-3-4;3*1-2/h2-8,18H,1H3;5H,3-4,6H2,1-2H3;4H,1-3,5H2;1-2H3;1-2H2;2H,1H3. The molecule has 1 saturated carbocycles. The van der Waals surface area contributed by atoms with Gasteiger partial charge in [0.25, 0.3) is 0 Å². The number of H-pyrrole nitrogens is 1. The second kappa shape index (κ2) is 21.2. The molecular weight excluding hydrogens is 460 g/mol. The summed E-state index contributed by atoms with van der Waals surface area (Å²) in [6, 6.07) is 12.0. The largest absolute Gasteiger partial charge is 0.352 e. The van der Waals surface area contributed by atoms with Gasteiger partial charge in [-0.1, -0.05) is 40.5 Å². The summed E-state index contributed by atoms with van der Waals surface area (Å²) >= 11 is 3.53. The topological polar surface area (TPSA) is 67.8 Å². The van der Waals surface area contributed by atoms with E-state index in [4.69, 9.17) is 11.5 Å². The van der Waals surface area contributed by atoms with Crippen molar-refractivity contribution in [1.29, 1.82) is 0 Å². The third kappa shape index (κ3) is 13.5. The molecule has 3 aromatic rings. The molecule has 4 rings (SSSR count). The SMILES string of the molecule is C=C.CC.CCC(C)CN.CS.Cc1cc(F)c2[nH]c(-c3ccc(F)cc3)cc2c1.NC1CCC1. The monoisotopic (exact) mass is 507 g/mol. The number of aromatic amines is 1. The normalized spacial score (nSPS) is 12.3. The number of nitrogens with two attached hydrogens (primary N) is 2. The van der Waals surface area contributed by atoms with E-state index in [1.165, 1.54) is 43.9 Å². The van der Waals surface area contributed by atoms with E-state index < -0.39 is 0 Å². The van der Waals surface area contributed by atoms with Crippen molar-refractivity contribution in [3.05, 3.63) is 72.8 Å². The van der Waals surface area contributed by atoms with Crippen molar-refractivity contribution in [2.75, 3.05) is 12.8 Å². The molecule has 1 aromatic heterocycles. The Balaban J connectivity index is 0. The van der Waals surface area contributed by atoms with Gasteiger partial charge in [-0.2, -0.15) is 12.6 Å². The number of rotatable bonds is 3. The van der Waals surface area contributed by atoms with Gasteiger partial charge in [-0.05, 0) is 92.1 Å². The molecule has 1 heterocycles. The number of halogens is 2. The second-order valence-corrected chi connectivity index (χ2v) is 7.84. The summed E-state index contributed by atoms with van der Waals surface area (Å²) in [4.78, 5) is 3.03. The maximum Gasteiger partial charge on any atom is 0.147 e. The minimum atomic E-state index is -0.281. The van der Waals surface area contributed by atoms with E-state index in [-0.39, 0.29) is 11.6 Å². The number of hydrogen-bond donors (Lipinski definition) is 4. The molecule has 1 atom stereocenters. The summed E-state index contributed by atoms with van der Waals surface area (Å²) in [5, 5.41) is 0.826. The quantitative estimate of drug-likeness (QED) is 0.213. The van der Waals surface area contributed by atoms with Crippen LogP contribution in [0.2, 0.25) is 0 Å². The summed E-state index contributed by atoms with van der Waals surface area (Å²) in [5.41, 5.74) is 13.7. The average Bonchev–Trinajstić information content (AvgIpc) is 3.31. The van der Waals surface area contributed by atoms with Crippen LogP contribution in [0, 0.1) is 24.5 Å². The lowest BCUT2D eigenvalue weighted by Crippen LogP contribution is -2.27. The predicted molar refractivity (Wildman–Crippen MR) is 156 cm³/mol. The van der Waals surface area contributed by atoms with Crippen LogP contribution in [0.1, 0.15) is 58.9 Å². The fourth-order valence-electron chi connectivity index (χ4n) is 2.73. The van der Waals surface area contributed by atoms with Gasteiger partial charge in [-0.15, -0.1) is 13.2 Å². The predicted octanol–water partition coefficient (Wildman–Crippen LogP) is 8.28. The zero-order valence-corrected chi connectivity index (χ0v) is 23.4. The molecule has 35 heavy (non-hydrogen) atoms. The maximum atomic E-state index is 13.7. The first kappa shape index (κ1) is 35.0. The van der Waals surface area contributed by atoms with Crippen LogP contribution in [0.4, 0.5) is 8.78 Å². The fraction of sp³-hybridized carbons (Fsp3) is 0.448. The lowest BCUT2D eigenvalue weighted by atomic mass is 9.95. The molecule has 0 spiro atoms. The second-order valence-electron chi connectivity index (χ2n) is 7.84. The van der Waals surface area contributed by atoms with Gasteiger partial charge >= 0.3 is 0 Å². The fourth-order valence-corrected chi connectivity index (χ4v) is 2.73. The van der Waals surface area contributed by atoms with E-state index in [0.717, 1.165) is 28.8 Å². The average molecular weight is 508 g/mol. The van der Waals surface area contributed by atoms with E-state index in [9.17, 15) is 8.78 Å². The highest BCUT2D eigenvalue weighted by atomic mass is 32.1. The molecule has 1 aliphatic carbocycles. The Morgan fingerprint density at radius 1 is 1.06 bits per heavy atom. The smallest absolute Gasteiger partial charge is 0.147 e. The first-order chi connectivity index (χ1) is 16.8. The van der Waals surface area contributed by atoms with Crippen LogP contribution < -0.4 is 11.5 Å². The van der Waals surface area contributed by atoms with Crippen LogP contribution in [-0.2, 0) is 0 Å². The summed E-state index contributed by atoms with van der Waals surface area (Å²) in [7, 11) is 0. The van der Waals surface area contributed by atoms with Gasteiger partial charge < -0.3 is 16.5 Å². The van der Waals surface area contributed by atoms with Crippen LogP contribution in [0.3, 0.4) is 0 Å². The number of aryl methyl sites for hydroxylation is 1. The van der Waals surface area contributed by atoms with Crippen molar-refractivity contribution >= 4 is 23.5 Å². The zero-order valence-electron chi connectivity index (χ0n) is 22.5. The maximum absolute atomic E-state index is 13.7. The van der Waals surface area contributed by atoms with Crippen molar-refractivity contribution in [3.63, 3.8) is 0 Å². The van der Waals surface area contributed by atoms with Crippen molar-refractivity contribution in [2.45, 2.75) is 66.3 Å². The van der Waals surface area contributed by atoms with Gasteiger partial charge in [0.15, 0.2) is 0 Å². The van der Waals surface area contributed by atoms with E-state index in [1.54, 1.807) is 18.4 Å².